The molecule has 2 fully saturated rings. The molecule has 2 aliphatic heterocycles. The molecule has 0 aliphatic carbocycles. The predicted molar refractivity (Wildman–Crippen MR) is 73.3 cm³/mol. The van der Waals surface area contributed by atoms with Gasteiger partial charge in [-0.05, 0) is 51.9 Å². The van der Waals surface area contributed by atoms with Gasteiger partial charge in [-0.2, -0.15) is 0 Å². The fourth-order valence-electron chi connectivity index (χ4n) is 3.20. The molecule has 0 bridgehead atoms. The summed E-state index contributed by atoms with van der Waals surface area (Å²) in [6.07, 6.45) is 4.18. The lowest BCUT2D eigenvalue weighted by molar-refractivity contribution is 0.130. The van der Waals surface area contributed by atoms with E-state index in [1.54, 1.807) is 0 Å². The van der Waals surface area contributed by atoms with Crippen LogP contribution in [-0.4, -0.2) is 61.7 Å². The number of hydrogen-bond donors (Lipinski definition) is 1. The van der Waals surface area contributed by atoms with Crippen LogP contribution in [0.1, 0.15) is 33.1 Å². The molecular weight excluding hydrogens is 210 g/mol. The summed E-state index contributed by atoms with van der Waals surface area (Å²) in [7, 11) is 2.26. The van der Waals surface area contributed by atoms with Gasteiger partial charge < -0.3 is 10.2 Å². The first-order chi connectivity index (χ1) is 8.15. The first-order valence-electron chi connectivity index (χ1n) is 7.31. The van der Waals surface area contributed by atoms with E-state index >= 15 is 0 Å². The molecule has 2 saturated heterocycles. The highest BCUT2D eigenvalue weighted by molar-refractivity contribution is 4.86. The van der Waals surface area contributed by atoms with Crippen molar-refractivity contribution in [1.82, 2.24) is 15.1 Å². The van der Waals surface area contributed by atoms with Gasteiger partial charge in [-0.15, -0.1) is 0 Å². The van der Waals surface area contributed by atoms with Crippen molar-refractivity contribution >= 4 is 0 Å². The van der Waals surface area contributed by atoms with Crippen molar-refractivity contribution in [2.75, 3.05) is 39.8 Å². The summed E-state index contributed by atoms with van der Waals surface area (Å²) in [5.74, 6) is 0.879. The Hall–Kier alpha value is -0.120. The Morgan fingerprint density at radius 2 is 2.00 bits per heavy atom. The second kappa shape index (κ2) is 6.17. The van der Waals surface area contributed by atoms with E-state index in [-0.39, 0.29) is 0 Å². The summed E-state index contributed by atoms with van der Waals surface area (Å²) in [5, 5.41) is 3.58. The number of likely N-dealkylation sites (tertiary alicyclic amines) is 2. The second-order valence-electron chi connectivity index (χ2n) is 6.27. The third kappa shape index (κ3) is 3.94. The Balaban J connectivity index is 1.73. The lowest BCUT2D eigenvalue weighted by Gasteiger charge is -2.36. The minimum atomic E-state index is 0.630. The molecule has 0 aromatic heterocycles. The molecular formula is C14H29N3. The summed E-state index contributed by atoms with van der Waals surface area (Å²) in [5.41, 5.74) is 0. The second-order valence-corrected chi connectivity index (χ2v) is 6.27. The molecule has 1 N–H and O–H groups in total. The summed E-state index contributed by atoms with van der Waals surface area (Å²) in [6, 6.07) is 1.46. The summed E-state index contributed by atoms with van der Waals surface area (Å²) >= 11 is 0. The molecule has 0 aromatic carbocycles. The number of likely N-dealkylation sites (N-methyl/N-ethyl adjacent to an activating group) is 1. The fraction of sp³-hybridized carbons (Fsp3) is 1.00. The van der Waals surface area contributed by atoms with Crippen LogP contribution in [0.4, 0.5) is 0 Å². The van der Waals surface area contributed by atoms with Gasteiger partial charge in [0.25, 0.3) is 0 Å². The van der Waals surface area contributed by atoms with Crippen molar-refractivity contribution in [1.29, 1.82) is 0 Å². The highest BCUT2D eigenvalue weighted by Gasteiger charge is 2.30. The highest BCUT2D eigenvalue weighted by atomic mass is 15.2. The number of rotatable bonds is 4. The van der Waals surface area contributed by atoms with E-state index < -0.39 is 0 Å². The van der Waals surface area contributed by atoms with Crippen LogP contribution in [0.2, 0.25) is 0 Å². The molecule has 17 heavy (non-hydrogen) atoms. The maximum absolute atomic E-state index is 3.58. The summed E-state index contributed by atoms with van der Waals surface area (Å²) in [4.78, 5) is 5.23. The van der Waals surface area contributed by atoms with E-state index in [2.05, 4.69) is 36.0 Å². The van der Waals surface area contributed by atoms with E-state index in [1.807, 2.05) is 0 Å². The molecule has 2 atom stereocenters. The van der Waals surface area contributed by atoms with Gasteiger partial charge >= 0.3 is 0 Å². The molecule has 0 radical (unpaired) electrons. The molecule has 2 rings (SSSR count). The van der Waals surface area contributed by atoms with Crippen molar-refractivity contribution in [2.24, 2.45) is 5.92 Å². The van der Waals surface area contributed by atoms with Gasteiger partial charge in [0.05, 0.1) is 0 Å². The predicted octanol–water partition coefficient (Wildman–Crippen LogP) is 1.40. The number of nitrogens with one attached hydrogen (secondary N) is 1. The van der Waals surface area contributed by atoms with E-state index in [0.29, 0.717) is 6.04 Å². The third-order valence-corrected chi connectivity index (χ3v) is 4.25. The zero-order valence-corrected chi connectivity index (χ0v) is 11.8. The standard InChI is InChI=1S/C14H29N3/c1-12(2)15-9-13-6-8-17(10-13)14-5-4-7-16(3)11-14/h12-15H,4-11H2,1-3H3. The maximum atomic E-state index is 3.58. The van der Waals surface area contributed by atoms with Crippen LogP contribution in [0.15, 0.2) is 0 Å². The van der Waals surface area contributed by atoms with Crippen LogP contribution in [0.25, 0.3) is 0 Å². The van der Waals surface area contributed by atoms with Gasteiger partial charge in [0, 0.05) is 25.2 Å². The van der Waals surface area contributed by atoms with Gasteiger partial charge in [0.2, 0.25) is 0 Å². The van der Waals surface area contributed by atoms with E-state index in [0.717, 1.165) is 12.0 Å². The average Bonchev–Trinajstić information content (AvgIpc) is 2.75. The number of nitrogens with zero attached hydrogens (tertiary/aromatic N) is 2. The van der Waals surface area contributed by atoms with Gasteiger partial charge in [-0.3, -0.25) is 4.90 Å². The largest absolute Gasteiger partial charge is 0.314 e. The molecule has 0 saturated carbocycles. The van der Waals surface area contributed by atoms with Gasteiger partial charge in [-0.25, -0.2) is 0 Å². The van der Waals surface area contributed by atoms with Crippen molar-refractivity contribution in [3.8, 4) is 0 Å². The van der Waals surface area contributed by atoms with E-state index in [1.165, 1.54) is 52.0 Å². The van der Waals surface area contributed by atoms with Crippen LogP contribution in [-0.2, 0) is 0 Å². The Morgan fingerprint density at radius 1 is 1.18 bits per heavy atom. The van der Waals surface area contributed by atoms with Crippen LogP contribution < -0.4 is 5.32 Å². The summed E-state index contributed by atoms with van der Waals surface area (Å²) < 4.78 is 0. The van der Waals surface area contributed by atoms with Gasteiger partial charge in [-0.1, -0.05) is 13.8 Å². The fourth-order valence-corrected chi connectivity index (χ4v) is 3.20. The topological polar surface area (TPSA) is 18.5 Å². The van der Waals surface area contributed by atoms with Crippen molar-refractivity contribution in [3.63, 3.8) is 0 Å². The van der Waals surface area contributed by atoms with Crippen LogP contribution in [0.5, 0.6) is 0 Å². The molecule has 0 amide bonds. The van der Waals surface area contributed by atoms with Crippen LogP contribution in [0, 0.1) is 5.92 Å². The van der Waals surface area contributed by atoms with Crippen molar-refractivity contribution < 1.29 is 0 Å². The first-order valence-corrected chi connectivity index (χ1v) is 7.31. The highest BCUT2D eigenvalue weighted by Crippen LogP contribution is 2.23. The smallest absolute Gasteiger partial charge is 0.0223 e. The first kappa shape index (κ1) is 13.3. The SMILES string of the molecule is CC(C)NCC1CCN(C2CCCN(C)C2)C1. The lowest BCUT2D eigenvalue weighted by atomic mass is 10.0. The maximum Gasteiger partial charge on any atom is 0.0223 e. The molecule has 0 spiro atoms. The molecule has 2 heterocycles. The Kier molecular flexibility index (Phi) is 4.83. The molecule has 100 valence electrons. The van der Waals surface area contributed by atoms with E-state index in [9.17, 15) is 0 Å². The van der Waals surface area contributed by atoms with Crippen LogP contribution in [0.3, 0.4) is 0 Å². The van der Waals surface area contributed by atoms with Gasteiger partial charge in [0.1, 0.15) is 0 Å². The Bertz CT molecular complexity index is 230. The molecule has 0 aromatic rings. The van der Waals surface area contributed by atoms with Crippen molar-refractivity contribution in [3.05, 3.63) is 0 Å². The molecule has 2 aliphatic rings. The minimum absolute atomic E-state index is 0.630. The zero-order valence-electron chi connectivity index (χ0n) is 11.8. The Labute approximate surface area is 107 Å². The van der Waals surface area contributed by atoms with E-state index in [4.69, 9.17) is 0 Å². The average molecular weight is 239 g/mol. The monoisotopic (exact) mass is 239 g/mol. The third-order valence-electron chi connectivity index (χ3n) is 4.25. The number of piperidine rings is 1. The van der Waals surface area contributed by atoms with Crippen LogP contribution >= 0.6 is 0 Å². The summed E-state index contributed by atoms with van der Waals surface area (Å²) in [6.45, 7) is 10.9. The molecule has 3 nitrogen and oxygen atoms in total. The molecule has 3 heteroatoms. The lowest BCUT2D eigenvalue weighted by Crippen LogP contribution is -2.46. The quantitative estimate of drug-likeness (QED) is 0.800. The van der Waals surface area contributed by atoms with Crippen molar-refractivity contribution in [2.45, 2.75) is 45.2 Å². The molecule has 2 unspecified atom stereocenters. The normalized spacial score (nSPS) is 32.5. The minimum Gasteiger partial charge on any atom is -0.314 e. The van der Waals surface area contributed by atoms with Gasteiger partial charge in [0.15, 0.2) is 0 Å². The Morgan fingerprint density at radius 3 is 2.71 bits per heavy atom. The number of hydrogen-bond acceptors (Lipinski definition) is 3. The zero-order chi connectivity index (χ0) is 12.3.